The number of carbonyl (C=O) groups is 3. The maximum absolute atomic E-state index is 12.7. The zero-order valence-corrected chi connectivity index (χ0v) is 15.5. The molecule has 2 aromatic carbocycles. The van der Waals surface area contributed by atoms with E-state index in [0.717, 1.165) is 5.56 Å². The maximum atomic E-state index is 12.7. The summed E-state index contributed by atoms with van der Waals surface area (Å²) in [6.45, 7) is 2.92. The van der Waals surface area contributed by atoms with E-state index in [2.05, 4.69) is 5.32 Å². The summed E-state index contributed by atoms with van der Waals surface area (Å²) in [5, 5.41) is 2.86. The van der Waals surface area contributed by atoms with E-state index in [4.69, 9.17) is 4.74 Å². The van der Waals surface area contributed by atoms with Gasteiger partial charge in [-0.3, -0.25) is 14.5 Å². The lowest BCUT2D eigenvalue weighted by Gasteiger charge is -2.26. The van der Waals surface area contributed by atoms with Crippen molar-refractivity contribution in [2.75, 3.05) is 25.1 Å². The minimum absolute atomic E-state index is 0.215. The smallest absolute Gasteiger partial charge is 0.328 e. The first-order valence-corrected chi connectivity index (χ1v) is 9.24. The van der Waals surface area contributed by atoms with Gasteiger partial charge in [-0.25, -0.2) is 4.79 Å². The number of fused-ring (bicyclic) bond motifs is 1. The number of morpholine rings is 1. The summed E-state index contributed by atoms with van der Waals surface area (Å²) in [6, 6.07) is 14.9. The Balaban J connectivity index is 1.53. The lowest BCUT2D eigenvalue weighted by atomic mass is 10.1. The first kappa shape index (κ1) is 18.2. The molecule has 28 heavy (non-hydrogen) atoms. The Kier molecular flexibility index (Phi) is 4.83. The van der Waals surface area contributed by atoms with Gasteiger partial charge in [0.25, 0.3) is 11.8 Å². The molecule has 7 nitrogen and oxygen atoms in total. The standard InChI is InChI=1S/C21H21N3O4/c1-14(24-20(26)18-13-28-11-10-23(18)21(24)27)16-8-5-9-17(12-16)22-19(25)15-6-3-2-4-7-15/h2-9,12,14,18H,10-11,13H2,1H3,(H,22,25). The summed E-state index contributed by atoms with van der Waals surface area (Å²) in [4.78, 5) is 40.7. The predicted molar refractivity (Wildman–Crippen MR) is 103 cm³/mol. The number of ether oxygens (including phenoxy) is 1. The van der Waals surface area contributed by atoms with Gasteiger partial charge in [0.05, 0.1) is 19.3 Å². The summed E-state index contributed by atoms with van der Waals surface area (Å²) in [6.07, 6.45) is 0. The van der Waals surface area contributed by atoms with Crippen molar-refractivity contribution >= 4 is 23.5 Å². The summed E-state index contributed by atoms with van der Waals surface area (Å²) < 4.78 is 5.35. The van der Waals surface area contributed by atoms with Crippen LogP contribution < -0.4 is 5.32 Å². The number of hydrogen-bond donors (Lipinski definition) is 1. The molecule has 144 valence electrons. The molecule has 2 aromatic rings. The summed E-state index contributed by atoms with van der Waals surface area (Å²) in [5.41, 5.74) is 1.94. The molecule has 0 aliphatic carbocycles. The second-order valence-electron chi connectivity index (χ2n) is 6.90. The second kappa shape index (κ2) is 7.44. The fourth-order valence-corrected chi connectivity index (χ4v) is 3.61. The molecular formula is C21H21N3O4. The number of nitrogens with one attached hydrogen (secondary N) is 1. The van der Waals surface area contributed by atoms with E-state index in [-0.39, 0.29) is 24.5 Å². The van der Waals surface area contributed by atoms with Crippen molar-refractivity contribution in [3.63, 3.8) is 0 Å². The maximum Gasteiger partial charge on any atom is 0.328 e. The highest BCUT2D eigenvalue weighted by atomic mass is 16.5. The average Bonchev–Trinajstić information content (AvgIpc) is 2.99. The number of imide groups is 1. The van der Waals surface area contributed by atoms with Gasteiger partial charge in [-0.15, -0.1) is 0 Å². The molecule has 1 N–H and O–H groups in total. The topological polar surface area (TPSA) is 79.0 Å². The van der Waals surface area contributed by atoms with E-state index in [1.807, 2.05) is 19.1 Å². The number of nitrogens with zero attached hydrogens (tertiary/aromatic N) is 2. The lowest BCUT2D eigenvalue weighted by Crippen LogP contribution is -2.45. The highest BCUT2D eigenvalue weighted by Crippen LogP contribution is 2.31. The number of anilines is 1. The normalized spacial score (nSPS) is 20.1. The van der Waals surface area contributed by atoms with Gasteiger partial charge in [0.15, 0.2) is 0 Å². The SMILES string of the molecule is CC(c1cccc(NC(=O)c2ccccc2)c1)N1C(=O)C2COCCN2C1=O. The summed E-state index contributed by atoms with van der Waals surface area (Å²) >= 11 is 0. The van der Waals surface area contributed by atoms with Crippen LogP contribution in [0.25, 0.3) is 0 Å². The average molecular weight is 379 g/mol. The van der Waals surface area contributed by atoms with E-state index in [1.54, 1.807) is 47.4 Å². The van der Waals surface area contributed by atoms with Crippen molar-refractivity contribution in [2.24, 2.45) is 0 Å². The van der Waals surface area contributed by atoms with Crippen LogP contribution in [0.15, 0.2) is 54.6 Å². The molecule has 4 rings (SSSR count). The van der Waals surface area contributed by atoms with Crippen LogP contribution in [0.2, 0.25) is 0 Å². The molecule has 0 radical (unpaired) electrons. The van der Waals surface area contributed by atoms with Crippen molar-refractivity contribution in [1.82, 2.24) is 9.80 Å². The highest BCUT2D eigenvalue weighted by molar-refractivity contribution is 6.05. The van der Waals surface area contributed by atoms with Gasteiger partial charge >= 0.3 is 6.03 Å². The zero-order valence-electron chi connectivity index (χ0n) is 15.5. The number of carbonyl (C=O) groups excluding carboxylic acids is 3. The van der Waals surface area contributed by atoms with Crippen molar-refractivity contribution in [3.8, 4) is 0 Å². The van der Waals surface area contributed by atoms with Crippen LogP contribution in [-0.4, -0.2) is 53.4 Å². The van der Waals surface area contributed by atoms with Gasteiger partial charge < -0.3 is 15.0 Å². The third-order valence-corrected chi connectivity index (χ3v) is 5.15. The molecule has 0 bridgehead atoms. The van der Waals surface area contributed by atoms with Gasteiger partial charge in [0.1, 0.15) is 6.04 Å². The lowest BCUT2D eigenvalue weighted by molar-refractivity contribution is -0.132. The van der Waals surface area contributed by atoms with E-state index in [1.165, 1.54) is 4.90 Å². The van der Waals surface area contributed by atoms with Crippen LogP contribution in [0.1, 0.15) is 28.9 Å². The predicted octanol–water partition coefficient (Wildman–Crippen LogP) is 2.66. The third kappa shape index (κ3) is 3.25. The Morgan fingerprint density at radius 1 is 1.14 bits per heavy atom. The molecule has 2 fully saturated rings. The van der Waals surface area contributed by atoms with Crippen LogP contribution in [0, 0.1) is 0 Å². The molecule has 2 unspecified atom stereocenters. The molecule has 4 amide bonds. The fraction of sp³-hybridized carbons (Fsp3) is 0.286. The quantitative estimate of drug-likeness (QED) is 0.829. The monoisotopic (exact) mass is 379 g/mol. The molecule has 2 aliphatic rings. The molecule has 2 atom stereocenters. The number of amides is 4. The van der Waals surface area contributed by atoms with Gasteiger partial charge in [0.2, 0.25) is 0 Å². The number of rotatable bonds is 4. The van der Waals surface area contributed by atoms with E-state index >= 15 is 0 Å². The molecule has 0 saturated carbocycles. The summed E-state index contributed by atoms with van der Waals surface area (Å²) in [5.74, 6) is -0.455. The van der Waals surface area contributed by atoms with Crippen molar-refractivity contribution < 1.29 is 19.1 Å². The van der Waals surface area contributed by atoms with Gasteiger partial charge in [-0.1, -0.05) is 30.3 Å². The second-order valence-corrected chi connectivity index (χ2v) is 6.90. The molecule has 0 spiro atoms. The number of benzene rings is 2. The first-order valence-electron chi connectivity index (χ1n) is 9.24. The Hall–Kier alpha value is -3.19. The van der Waals surface area contributed by atoms with Crippen LogP contribution >= 0.6 is 0 Å². The van der Waals surface area contributed by atoms with E-state index in [9.17, 15) is 14.4 Å². The Morgan fingerprint density at radius 2 is 1.93 bits per heavy atom. The van der Waals surface area contributed by atoms with E-state index in [0.29, 0.717) is 24.4 Å². The van der Waals surface area contributed by atoms with Crippen molar-refractivity contribution in [3.05, 3.63) is 65.7 Å². The largest absolute Gasteiger partial charge is 0.377 e. The van der Waals surface area contributed by atoms with E-state index < -0.39 is 12.1 Å². The fourth-order valence-electron chi connectivity index (χ4n) is 3.61. The molecule has 0 aromatic heterocycles. The van der Waals surface area contributed by atoms with Crippen molar-refractivity contribution in [1.29, 1.82) is 0 Å². The zero-order chi connectivity index (χ0) is 19.7. The Morgan fingerprint density at radius 3 is 2.68 bits per heavy atom. The molecule has 2 aliphatic heterocycles. The Labute approximate surface area is 162 Å². The van der Waals surface area contributed by atoms with Crippen LogP contribution in [-0.2, 0) is 9.53 Å². The highest BCUT2D eigenvalue weighted by Gasteiger charge is 2.48. The molecule has 7 heteroatoms. The molecule has 2 heterocycles. The van der Waals surface area contributed by atoms with Gasteiger partial charge in [-0.05, 0) is 36.8 Å². The number of hydrogen-bond acceptors (Lipinski definition) is 4. The van der Waals surface area contributed by atoms with Crippen LogP contribution in [0.5, 0.6) is 0 Å². The third-order valence-electron chi connectivity index (χ3n) is 5.15. The molecular weight excluding hydrogens is 358 g/mol. The van der Waals surface area contributed by atoms with Crippen LogP contribution in [0.4, 0.5) is 10.5 Å². The van der Waals surface area contributed by atoms with Crippen molar-refractivity contribution in [2.45, 2.75) is 19.0 Å². The summed E-state index contributed by atoms with van der Waals surface area (Å²) in [7, 11) is 0. The van der Waals surface area contributed by atoms with Gasteiger partial charge in [0, 0.05) is 17.8 Å². The first-order chi connectivity index (χ1) is 13.6. The Bertz CT molecular complexity index is 891. The van der Waals surface area contributed by atoms with Crippen LogP contribution in [0.3, 0.4) is 0 Å². The minimum Gasteiger partial charge on any atom is -0.377 e. The minimum atomic E-state index is -0.537. The molecule has 2 saturated heterocycles. The van der Waals surface area contributed by atoms with Gasteiger partial charge in [-0.2, -0.15) is 0 Å². The number of urea groups is 1.